The second-order valence-corrected chi connectivity index (χ2v) is 10.1. The summed E-state index contributed by atoms with van der Waals surface area (Å²) in [4.78, 5) is 31.7. The minimum Gasteiger partial charge on any atom is -0.507 e. The number of pyridine rings is 1. The van der Waals surface area contributed by atoms with Crippen LogP contribution in [0.5, 0.6) is 0 Å². The minimum absolute atomic E-state index is 0.00660. The molecular formula is C25H17ClN4O3S2. The van der Waals surface area contributed by atoms with Gasteiger partial charge in [0, 0.05) is 28.7 Å². The quantitative estimate of drug-likeness (QED) is 0.118. The lowest BCUT2D eigenvalue weighted by Gasteiger charge is -2.22. The van der Waals surface area contributed by atoms with E-state index in [-0.39, 0.29) is 16.5 Å². The smallest absolute Gasteiger partial charge is 0.301 e. The second kappa shape index (κ2) is 9.99. The molecule has 1 aliphatic heterocycles. The van der Waals surface area contributed by atoms with Gasteiger partial charge in [0.2, 0.25) is 5.13 Å². The van der Waals surface area contributed by atoms with Crippen molar-refractivity contribution in [3.63, 3.8) is 0 Å². The molecule has 174 valence electrons. The van der Waals surface area contributed by atoms with Gasteiger partial charge >= 0.3 is 5.91 Å². The van der Waals surface area contributed by atoms with Crippen LogP contribution in [0.2, 0.25) is 5.02 Å². The number of amides is 1. The molecule has 7 nitrogen and oxygen atoms in total. The van der Waals surface area contributed by atoms with E-state index in [0.717, 1.165) is 5.56 Å². The highest BCUT2D eigenvalue weighted by Gasteiger charge is 2.48. The van der Waals surface area contributed by atoms with Crippen molar-refractivity contribution in [2.45, 2.75) is 16.1 Å². The van der Waals surface area contributed by atoms with Crippen LogP contribution < -0.4 is 4.90 Å². The Kier molecular flexibility index (Phi) is 6.63. The molecule has 1 atom stereocenters. The molecule has 4 aromatic rings. The third-order valence-corrected chi connectivity index (χ3v) is 7.90. The van der Waals surface area contributed by atoms with Crippen molar-refractivity contribution < 1.29 is 14.7 Å². The molecule has 3 heterocycles. The fourth-order valence-electron chi connectivity index (χ4n) is 3.76. The van der Waals surface area contributed by atoms with Crippen molar-refractivity contribution in [1.82, 2.24) is 15.2 Å². The molecule has 10 heteroatoms. The van der Waals surface area contributed by atoms with Crippen molar-refractivity contribution in [3.8, 4) is 0 Å². The Bertz CT molecular complexity index is 1430. The van der Waals surface area contributed by atoms with Gasteiger partial charge in [0.15, 0.2) is 4.34 Å². The minimum atomic E-state index is -0.868. The molecule has 0 saturated carbocycles. The number of aliphatic hydroxyl groups excluding tert-OH is 1. The number of nitrogens with zero attached hydrogens (tertiary/aromatic N) is 4. The molecule has 0 aliphatic carbocycles. The summed E-state index contributed by atoms with van der Waals surface area (Å²) in [5, 5.41) is 20.4. The van der Waals surface area contributed by atoms with Gasteiger partial charge in [-0.15, -0.1) is 10.2 Å². The molecule has 1 N–H and O–H groups in total. The average molecular weight is 521 g/mol. The molecule has 2 aromatic heterocycles. The van der Waals surface area contributed by atoms with E-state index in [1.54, 1.807) is 54.9 Å². The third kappa shape index (κ3) is 4.58. The molecule has 35 heavy (non-hydrogen) atoms. The number of benzene rings is 2. The Balaban J connectivity index is 1.52. The van der Waals surface area contributed by atoms with Crippen LogP contribution >= 0.6 is 34.7 Å². The number of rotatable bonds is 6. The van der Waals surface area contributed by atoms with Gasteiger partial charge in [0.1, 0.15) is 5.76 Å². The largest absolute Gasteiger partial charge is 0.507 e. The van der Waals surface area contributed by atoms with Crippen molar-refractivity contribution in [3.05, 3.63) is 106 Å². The van der Waals surface area contributed by atoms with E-state index in [0.29, 0.717) is 26.2 Å². The first-order valence-electron chi connectivity index (χ1n) is 10.5. The highest BCUT2D eigenvalue weighted by Crippen LogP contribution is 2.44. The molecule has 1 saturated heterocycles. The summed E-state index contributed by atoms with van der Waals surface area (Å²) < 4.78 is 0.623. The number of Topliss-reactive ketones (excluding diaryl/α,β-unsaturated/α-hetero) is 1. The first kappa shape index (κ1) is 23.2. The van der Waals surface area contributed by atoms with Crippen LogP contribution in [0.15, 0.2) is 89.0 Å². The average Bonchev–Trinajstić information content (AvgIpc) is 3.46. The summed E-state index contributed by atoms with van der Waals surface area (Å²) in [5.41, 5.74) is 2.01. The molecule has 2 aromatic carbocycles. The summed E-state index contributed by atoms with van der Waals surface area (Å²) in [6.45, 7) is 0. The highest BCUT2D eigenvalue weighted by molar-refractivity contribution is 8.00. The van der Waals surface area contributed by atoms with Gasteiger partial charge in [-0.25, -0.2) is 0 Å². The lowest BCUT2D eigenvalue weighted by atomic mass is 9.96. The molecular weight excluding hydrogens is 504 g/mol. The van der Waals surface area contributed by atoms with Crippen LogP contribution in [0.1, 0.15) is 22.7 Å². The lowest BCUT2D eigenvalue weighted by molar-refractivity contribution is -0.132. The Hall–Kier alpha value is -3.53. The van der Waals surface area contributed by atoms with Crippen LogP contribution in [-0.2, 0) is 15.3 Å². The number of halogens is 1. The molecule has 0 bridgehead atoms. The standard InChI is InChI=1S/C25H17ClN4O3S2/c26-18-9-5-4-8-17(18)14-34-25-29-28-24(35-25)30-20(15-10-12-27-13-11-15)19(22(32)23(30)33)21(31)16-6-2-1-3-7-16/h1-13,20,31H,14H2/b21-19-. The van der Waals surface area contributed by atoms with Crippen molar-refractivity contribution in [2.24, 2.45) is 0 Å². The number of ketones is 1. The van der Waals surface area contributed by atoms with Gasteiger partial charge in [-0.05, 0) is 29.3 Å². The summed E-state index contributed by atoms with van der Waals surface area (Å²) >= 11 is 8.88. The number of hydrogen-bond acceptors (Lipinski definition) is 8. The first-order chi connectivity index (χ1) is 17.0. The number of hydrogen-bond donors (Lipinski definition) is 1. The zero-order valence-electron chi connectivity index (χ0n) is 18.0. The maximum atomic E-state index is 13.2. The fourth-order valence-corrected chi connectivity index (χ4v) is 5.91. The van der Waals surface area contributed by atoms with Gasteiger partial charge in [0.25, 0.3) is 5.78 Å². The van der Waals surface area contributed by atoms with Gasteiger partial charge in [0.05, 0.1) is 11.6 Å². The summed E-state index contributed by atoms with van der Waals surface area (Å²) in [6.07, 6.45) is 3.14. The molecule has 0 spiro atoms. The number of aliphatic hydroxyl groups is 1. The molecule has 0 radical (unpaired) electrons. The van der Waals surface area contributed by atoms with E-state index >= 15 is 0 Å². The summed E-state index contributed by atoms with van der Waals surface area (Å²) in [5.74, 6) is -1.22. The third-order valence-electron chi connectivity index (χ3n) is 5.42. The van der Waals surface area contributed by atoms with Crippen LogP contribution in [-0.4, -0.2) is 32.0 Å². The van der Waals surface area contributed by atoms with Crippen molar-refractivity contribution in [1.29, 1.82) is 0 Å². The van der Waals surface area contributed by atoms with Crippen LogP contribution in [0.25, 0.3) is 5.76 Å². The van der Waals surface area contributed by atoms with Gasteiger partial charge in [-0.1, -0.05) is 83.2 Å². The number of thioether (sulfide) groups is 1. The zero-order chi connectivity index (χ0) is 24.4. The van der Waals surface area contributed by atoms with E-state index < -0.39 is 17.7 Å². The number of aromatic nitrogens is 3. The number of anilines is 1. The topological polar surface area (TPSA) is 96.3 Å². The van der Waals surface area contributed by atoms with Gasteiger partial charge in [-0.2, -0.15) is 0 Å². The predicted molar refractivity (Wildman–Crippen MR) is 136 cm³/mol. The molecule has 1 fully saturated rings. The number of carbonyl (C=O) groups excluding carboxylic acids is 2. The van der Waals surface area contributed by atoms with Crippen molar-refractivity contribution in [2.75, 3.05) is 4.90 Å². The Labute approximate surface area is 214 Å². The monoisotopic (exact) mass is 520 g/mol. The molecule has 1 unspecified atom stereocenters. The van der Waals surface area contributed by atoms with E-state index in [4.69, 9.17) is 11.6 Å². The van der Waals surface area contributed by atoms with E-state index in [9.17, 15) is 14.7 Å². The molecule has 1 amide bonds. The summed E-state index contributed by atoms with van der Waals surface area (Å²) in [7, 11) is 0. The van der Waals surface area contributed by atoms with Gasteiger partial charge in [-0.3, -0.25) is 19.5 Å². The highest BCUT2D eigenvalue weighted by atomic mass is 35.5. The van der Waals surface area contributed by atoms with E-state index in [1.165, 1.54) is 28.0 Å². The first-order valence-corrected chi connectivity index (χ1v) is 12.7. The molecule has 1 aliphatic rings. The zero-order valence-corrected chi connectivity index (χ0v) is 20.4. The normalized spacial score (nSPS) is 17.2. The maximum absolute atomic E-state index is 13.2. The Morgan fingerprint density at radius 3 is 2.46 bits per heavy atom. The fraction of sp³-hybridized carbons (Fsp3) is 0.0800. The van der Waals surface area contributed by atoms with Crippen LogP contribution in [0.3, 0.4) is 0 Å². The van der Waals surface area contributed by atoms with Gasteiger partial charge < -0.3 is 5.11 Å². The number of carbonyl (C=O) groups is 2. The molecule has 5 rings (SSSR count). The van der Waals surface area contributed by atoms with Crippen LogP contribution in [0.4, 0.5) is 5.13 Å². The summed E-state index contributed by atoms with van der Waals surface area (Å²) in [6, 6.07) is 18.7. The Morgan fingerprint density at radius 2 is 1.71 bits per heavy atom. The van der Waals surface area contributed by atoms with E-state index in [2.05, 4.69) is 15.2 Å². The van der Waals surface area contributed by atoms with E-state index in [1.807, 2.05) is 24.3 Å². The van der Waals surface area contributed by atoms with Crippen molar-refractivity contribution >= 4 is 57.3 Å². The maximum Gasteiger partial charge on any atom is 0.301 e. The SMILES string of the molecule is O=C1C(=O)N(c2nnc(SCc3ccccc3Cl)s2)C(c2ccncc2)/C1=C(/O)c1ccccc1. The van der Waals surface area contributed by atoms with Crippen LogP contribution in [0, 0.1) is 0 Å². The Morgan fingerprint density at radius 1 is 1.00 bits per heavy atom. The lowest BCUT2D eigenvalue weighted by Crippen LogP contribution is -2.29. The second-order valence-electron chi connectivity index (χ2n) is 7.55. The predicted octanol–water partition coefficient (Wildman–Crippen LogP) is 5.51.